The second-order valence-electron chi connectivity index (χ2n) is 8.73. The second-order valence-corrected chi connectivity index (χ2v) is 8.73. The van der Waals surface area contributed by atoms with Crippen molar-refractivity contribution in [3.8, 4) is 0 Å². The first-order valence-electron chi connectivity index (χ1n) is 11.3. The summed E-state index contributed by atoms with van der Waals surface area (Å²) in [6, 6.07) is 9.76. The molecule has 1 saturated heterocycles. The minimum atomic E-state index is -0.885. The van der Waals surface area contributed by atoms with Crippen LogP contribution < -0.4 is 5.32 Å². The number of nitrogens with zero attached hydrogens (tertiary/aromatic N) is 3. The van der Waals surface area contributed by atoms with E-state index in [2.05, 4.69) is 15.3 Å². The lowest BCUT2D eigenvalue weighted by Gasteiger charge is -2.31. The van der Waals surface area contributed by atoms with Crippen molar-refractivity contribution in [1.82, 2.24) is 14.9 Å². The molecule has 8 nitrogen and oxygen atoms in total. The van der Waals surface area contributed by atoms with Gasteiger partial charge in [-0.15, -0.1) is 0 Å². The van der Waals surface area contributed by atoms with Crippen molar-refractivity contribution in [3.05, 3.63) is 53.9 Å². The summed E-state index contributed by atoms with van der Waals surface area (Å²) in [5.41, 5.74) is 1.60. The summed E-state index contributed by atoms with van der Waals surface area (Å²) in [7, 11) is 0. The zero-order valence-electron chi connectivity index (χ0n) is 18.2. The zero-order valence-corrected chi connectivity index (χ0v) is 18.2. The number of benzene rings is 1. The molecule has 170 valence electrons. The van der Waals surface area contributed by atoms with Crippen LogP contribution in [0.15, 0.2) is 42.7 Å². The number of likely N-dealkylation sites (tertiary alicyclic amines) is 1. The van der Waals surface area contributed by atoms with Crippen molar-refractivity contribution in [2.24, 2.45) is 17.8 Å². The molecule has 2 N–H and O–H groups in total. The highest BCUT2D eigenvalue weighted by Gasteiger charge is 2.43. The highest BCUT2D eigenvalue weighted by atomic mass is 16.6. The first kappa shape index (κ1) is 22.0. The molecule has 0 spiro atoms. The van der Waals surface area contributed by atoms with Gasteiger partial charge in [-0.3, -0.25) is 4.79 Å². The Labute approximate surface area is 188 Å². The molecule has 1 aliphatic carbocycles. The van der Waals surface area contributed by atoms with Gasteiger partial charge in [-0.2, -0.15) is 0 Å². The number of carboxylic acids is 1. The molecule has 0 radical (unpaired) electrons. The van der Waals surface area contributed by atoms with Gasteiger partial charge in [0.25, 0.3) is 0 Å². The molecule has 2 atom stereocenters. The zero-order chi connectivity index (χ0) is 22.3. The van der Waals surface area contributed by atoms with E-state index in [1.165, 1.54) is 6.42 Å². The van der Waals surface area contributed by atoms with Crippen LogP contribution in [0.4, 0.5) is 10.7 Å². The molecule has 1 aromatic heterocycles. The third-order valence-corrected chi connectivity index (χ3v) is 6.44. The van der Waals surface area contributed by atoms with Crippen LogP contribution in [0.3, 0.4) is 0 Å². The molecule has 0 bridgehead atoms. The predicted octanol–water partition coefficient (Wildman–Crippen LogP) is 3.59. The molecular formula is C24H30N4O4. The van der Waals surface area contributed by atoms with Gasteiger partial charge in [0, 0.05) is 37.6 Å². The van der Waals surface area contributed by atoms with E-state index >= 15 is 0 Å². The van der Waals surface area contributed by atoms with Gasteiger partial charge in [-0.05, 0) is 49.0 Å². The van der Waals surface area contributed by atoms with Crippen molar-refractivity contribution in [2.75, 3.05) is 25.0 Å². The Morgan fingerprint density at radius 3 is 2.50 bits per heavy atom. The maximum Gasteiger partial charge on any atom is 0.410 e. The number of carbonyl (C=O) groups excluding carboxylic acids is 1. The molecule has 4 rings (SSSR count). The summed E-state index contributed by atoms with van der Waals surface area (Å²) in [6.07, 6.45) is 7.26. The van der Waals surface area contributed by atoms with Gasteiger partial charge in [0.05, 0.1) is 6.42 Å². The summed E-state index contributed by atoms with van der Waals surface area (Å²) < 4.78 is 5.46. The van der Waals surface area contributed by atoms with Crippen LogP contribution in [0.1, 0.15) is 36.8 Å². The van der Waals surface area contributed by atoms with Crippen molar-refractivity contribution < 1.29 is 19.4 Å². The molecular weight excluding hydrogens is 408 g/mol. The Bertz CT molecular complexity index is 898. The number of nitrogens with one attached hydrogen (secondary N) is 1. The highest BCUT2D eigenvalue weighted by Crippen LogP contribution is 2.49. The molecule has 2 aliphatic rings. The monoisotopic (exact) mass is 438 g/mol. The van der Waals surface area contributed by atoms with E-state index in [1.54, 1.807) is 12.4 Å². The van der Waals surface area contributed by atoms with E-state index < -0.39 is 5.97 Å². The number of hydrogen-bond acceptors (Lipinski definition) is 6. The van der Waals surface area contributed by atoms with Crippen LogP contribution in [0.2, 0.25) is 0 Å². The van der Waals surface area contributed by atoms with Gasteiger partial charge in [0.2, 0.25) is 5.95 Å². The third-order valence-electron chi connectivity index (χ3n) is 6.44. The fourth-order valence-corrected chi connectivity index (χ4v) is 4.58. The number of piperidine rings is 1. The standard InChI is InChI=1S/C24H30N4O4/c29-22(30)12-18-14-26-23(27-15-18)25-9-6-20-13-21(20)19-7-10-28(11-8-19)24(31)32-16-17-4-2-1-3-5-17/h1-5,14-15,19-21H,6-13,16H2,(H,29,30)(H,25,26,27). The van der Waals surface area contributed by atoms with Crippen LogP contribution in [0, 0.1) is 17.8 Å². The fraction of sp³-hybridized carbons (Fsp3) is 0.500. The molecule has 2 unspecified atom stereocenters. The first-order chi connectivity index (χ1) is 15.6. The Morgan fingerprint density at radius 2 is 1.81 bits per heavy atom. The van der Waals surface area contributed by atoms with Crippen LogP contribution in [-0.2, 0) is 22.6 Å². The quantitative estimate of drug-likeness (QED) is 0.616. The van der Waals surface area contributed by atoms with E-state index in [0.717, 1.165) is 56.3 Å². The maximum atomic E-state index is 12.3. The summed E-state index contributed by atoms with van der Waals surface area (Å²) in [4.78, 5) is 33.2. The second kappa shape index (κ2) is 10.4. The summed E-state index contributed by atoms with van der Waals surface area (Å²) >= 11 is 0. The van der Waals surface area contributed by atoms with E-state index in [1.807, 2.05) is 35.2 Å². The van der Waals surface area contributed by atoms with Crippen LogP contribution in [-0.4, -0.2) is 51.7 Å². The Balaban J connectivity index is 1.11. The van der Waals surface area contributed by atoms with Gasteiger partial charge in [-0.25, -0.2) is 14.8 Å². The average molecular weight is 439 g/mol. The Morgan fingerprint density at radius 1 is 1.09 bits per heavy atom. The number of carboxylic acid groups (broad SMARTS) is 1. The van der Waals surface area contributed by atoms with E-state index in [0.29, 0.717) is 24.0 Å². The predicted molar refractivity (Wildman–Crippen MR) is 119 cm³/mol. The molecule has 1 amide bonds. The Kier molecular flexibility index (Phi) is 7.19. The molecule has 1 aliphatic heterocycles. The largest absolute Gasteiger partial charge is 0.481 e. The van der Waals surface area contributed by atoms with Gasteiger partial charge >= 0.3 is 12.1 Å². The molecule has 8 heteroatoms. The molecule has 2 heterocycles. The summed E-state index contributed by atoms with van der Waals surface area (Å²) in [5, 5.41) is 12.0. The number of anilines is 1. The summed E-state index contributed by atoms with van der Waals surface area (Å²) in [6.45, 7) is 2.68. The smallest absolute Gasteiger partial charge is 0.410 e. The molecule has 1 aromatic carbocycles. The number of hydrogen-bond donors (Lipinski definition) is 2. The van der Waals surface area contributed by atoms with Crippen LogP contribution in [0.25, 0.3) is 0 Å². The van der Waals surface area contributed by atoms with Gasteiger partial charge in [0.1, 0.15) is 6.61 Å². The first-order valence-corrected chi connectivity index (χ1v) is 11.3. The number of carbonyl (C=O) groups is 2. The van der Waals surface area contributed by atoms with Crippen molar-refractivity contribution >= 4 is 18.0 Å². The van der Waals surface area contributed by atoms with Gasteiger partial charge in [0.15, 0.2) is 0 Å². The van der Waals surface area contributed by atoms with Crippen LogP contribution in [0.5, 0.6) is 0 Å². The van der Waals surface area contributed by atoms with Gasteiger partial charge in [-0.1, -0.05) is 30.3 Å². The highest BCUT2D eigenvalue weighted by molar-refractivity contribution is 5.69. The number of rotatable bonds is 9. The van der Waals surface area contributed by atoms with Crippen LogP contribution >= 0.6 is 0 Å². The van der Waals surface area contributed by atoms with Crippen molar-refractivity contribution in [2.45, 2.75) is 38.7 Å². The molecule has 1 saturated carbocycles. The maximum absolute atomic E-state index is 12.3. The number of amides is 1. The fourth-order valence-electron chi connectivity index (χ4n) is 4.58. The van der Waals surface area contributed by atoms with Gasteiger partial charge < -0.3 is 20.1 Å². The number of ether oxygens (including phenoxy) is 1. The lowest BCUT2D eigenvalue weighted by Crippen LogP contribution is -2.39. The van der Waals surface area contributed by atoms with E-state index in [9.17, 15) is 9.59 Å². The van der Waals surface area contributed by atoms with Crippen molar-refractivity contribution in [1.29, 1.82) is 0 Å². The van der Waals surface area contributed by atoms with Crippen molar-refractivity contribution in [3.63, 3.8) is 0 Å². The lowest BCUT2D eigenvalue weighted by atomic mass is 9.90. The summed E-state index contributed by atoms with van der Waals surface area (Å²) in [5.74, 6) is 1.81. The normalized spacial score (nSPS) is 20.6. The molecule has 32 heavy (non-hydrogen) atoms. The topological polar surface area (TPSA) is 105 Å². The SMILES string of the molecule is O=C(O)Cc1cnc(NCCC2CC2C2CCN(C(=O)OCc3ccccc3)CC2)nc1. The number of aliphatic carboxylic acids is 1. The lowest BCUT2D eigenvalue weighted by molar-refractivity contribution is -0.136. The average Bonchev–Trinajstić information content (AvgIpc) is 3.59. The molecule has 2 fully saturated rings. The number of aromatic nitrogens is 2. The van der Waals surface area contributed by atoms with E-state index in [4.69, 9.17) is 9.84 Å². The van der Waals surface area contributed by atoms with E-state index in [-0.39, 0.29) is 12.5 Å². The minimum Gasteiger partial charge on any atom is -0.481 e. The Hall–Kier alpha value is -3.16. The molecule has 2 aromatic rings. The minimum absolute atomic E-state index is 0.0619. The third kappa shape index (κ3) is 6.18.